The van der Waals surface area contributed by atoms with Gasteiger partial charge in [-0.1, -0.05) is 6.92 Å². The first-order valence-corrected chi connectivity index (χ1v) is 5.94. The predicted octanol–water partition coefficient (Wildman–Crippen LogP) is 1.41. The first kappa shape index (κ1) is 16.1. The number of carbonyl (C=O) groups is 2. The Morgan fingerprint density at radius 2 is 1.85 bits per heavy atom. The highest BCUT2D eigenvalue weighted by atomic mass is 19.3. The van der Waals surface area contributed by atoms with Crippen LogP contribution in [0.1, 0.15) is 13.3 Å². The standard InChI is InChI=1S/C13H17F2NO4/c1-13(12(14)15)7-9(13)16-6-4-5-8(10(17)19-2)11(18)20-3/h4-6,9,12,16H,7H2,1-3H3/b6-4+. The summed E-state index contributed by atoms with van der Waals surface area (Å²) in [5, 5.41) is 2.79. The van der Waals surface area contributed by atoms with Gasteiger partial charge in [-0.25, -0.2) is 18.4 Å². The van der Waals surface area contributed by atoms with Crippen LogP contribution in [0.25, 0.3) is 0 Å². The van der Waals surface area contributed by atoms with E-state index < -0.39 is 23.8 Å². The molecule has 0 spiro atoms. The third-order valence-electron chi connectivity index (χ3n) is 3.25. The van der Waals surface area contributed by atoms with Crippen LogP contribution in [-0.2, 0) is 19.1 Å². The van der Waals surface area contributed by atoms with E-state index in [0.717, 1.165) is 14.2 Å². The van der Waals surface area contributed by atoms with Crippen LogP contribution in [0.3, 0.4) is 0 Å². The van der Waals surface area contributed by atoms with Crippen LogP contribution in [0.5, 0.6) is 0 Å². The van der Waals surface area contributed by atoms with E-state index in [1.165, 1.54) is 25.3 Å². The molecule has 1 N–H and O–H groups in total. The minimum absolute atomic E-state index is 0.277. The lowest BCUT2D eigenvalue weighted by Crippen LogP contribution is -2.21. The summed E-state index contributed by atoms with van der Waals surface area (Å²) in [5.74, 6) is -1.66. The van der Waals surface area contributed by atoms with Gasteiger partial charge in [-0.15, -0.1) is 0 Å². The largest absolute Gasteiger partial charge is 0.465 e. The van der Waals surface area contributed by atoms with Crippen molar-refractivity contribution in [3.8, 4) is 0 Å². The van der Waals surface area contributed by atoms with Gasteiger partial charge in [0.05, 0.1) is 19.6 Å². The maximum atomic E-state index is 12.6. The molecule has 112 valence electrons. The SMILES string of the molecule is COC(=O)C(=C/C=C/NC1CC1(C)C(F)F)C(=O)OC. The van der Waals surface area contributed by atoms with Gasteiger partial charge < -0.3 is 14.8 Å². The molecule has 1 fully saturated rings. The van der Waals surface area contributed by atoms with E-state index >= 15 is 0 Å². The average molecular weight is 289 g/mol. The Hall–Kier alpha value is -1.92. The van der Waals surface area contributed by atoms with Gasteiger partial charge in [-0.05, 0) is 24.8 Å². The van der Waals surface area contributed by atoms with E-state index in [-0.39, 0.29) is 11.6 Å². The van der Waals surface area contributed by atoms with Crippen molar-refractivity contribution in [1.82, 2.24) is 5.32 Å². The molecule has 0 heterocycles. The number of halogens is 2. The number of hydrogen-bond donors (Lipinski definition) is 1. The second kappa shape index (κ2) is 6.49. The first-order chi connectivity index (χ1) is 9.36. The van der Waals surface area contributed by atoms with Crippen LogP contribution in [-0.4, -0.2) is 38.6 Å². The van der Waals surface area contributed by atoms with Crippen LogP contribution in [0.4, 0.5) is 8.78 Å². The molecular weight excluding hydrogens is 272 g/mol. The summed E-state index contributed by atoms with van der Waals surface area (Å²) in [7, 11) is 2.28. The van der Waals surface area contributed by atoms with Crippen LogP contribution in [0.2, 0.25) is 0 Å². The molecule has 0 aromatic rings. The normalized spacial score (nSPS) is 24.4. The lowest BCUT2D eigenvalue weighted by atomic mass is 10.1. The number of alkyl halides is 2. The maximum Gasteiger partial charge on any atom is 0.345 e. The van der Waals surface area contributed by atoms with Gasteiger partial charge in [0.1, 0.15) is 5.57 Å². The van der Waals surface area contributed by atoms with Gasteiger partial charge in [0.15, 0.2) is 0 Å². The van der Waals surface area contributed by atoms with Crippen molar-refractivity contribution in [3.05, 3.63) is 23.9 Å². The Labute approximate surface area is 115 Å². The molecule has 0 aliphatic heterocycles. The molecule has 20 heavy (non-hydrogen) atoms. The fourth-order valence-corrected chi connectivity index (χ4v) is 1.63. The van der Waals surface area contributed by atoms with E-state index in [1.807, 2.05) is 0 Å². The summed E-state index contributed by atoms with van der Waals surface area (Å²) in [5.41, 5.74) is -1.29. The summed E-state index contributed by atoms with van der Waals surface area (Å²) in [6, 6.07) is -0.313. The van der Waals surface area contributed by atoms with Gasteiger partial charge in [0, 0.05) is 6.04 Å². The van der Waals surface area contributed by atoms with Crippen LogP contribution >= 0.6 is 0 Å². The number of methoxy groups -OCH3 is 2. The third-order valence-corrected chi connectivity index (χ3v) is 3.25. The molecule has 0 bridgehead atoms. The molecule has 1 aliphatic carbocycles. The van der Waals surface area contributed by atoms with E-state index in [9.17, 15) is 18.4 Å². The van der Waals surface area contributed by atoms with Crippen molar-refractivity contribution < 1.29 is 27.8 Å². The number of hydrogen-bond acceptors (Lipinski definition) is 5. The Morgan fingerprint density at radius 3 is 2.25 bits per heavy atom. The highest BCUT2D eigenvalue weighted by molar-refractivity contribution is 6.14. The van der Waals surface area contributed by atoms with E-state index in [1.54, 1.807) is 0 Å². The quantitative estimate of drug-likeness (QED) is 0.263. The van der Waals surface area contributed by atoms with Crippen molar-refractivity contribution >= 4 is 11.9 Å². The number of carbonyl (C=O) groups excluding carboxylic acids is 2. The van der Waals surface area contributed by atoms with Gasteiger partial charge >= 0.3 is 11.9 Å². The summed E-state index contributed by atoms with van der Waals surface area (Å²) in [4.78, 5) is 22.6. The van der Waals surface area contributed by atoms with Crippen molar-refractivity contribution in [2.24, 2.45) is 5.41 Å². The number of esters is 2. The second-order valence-corrected chi connectivity index (χ2v) is 4.65. The molecule has 5 nitrogen and oxygen atoms in total. The lowest BCUT2D eigenvalue weighted by molar-refractivity contribution is -0.144. The fraction of sp³-hybridized carbons (Fsp3) is 0.538. The highest BCUT2D eigenvalue weighted by Gasteiger charge is 2.56. The van der Waals surface area contributed by atoms with Crippen LogP contribution < -0.4 is 5.32 Å². The Morgan fingerprint density at radius 1 is 1.30 bits per heavy atom. The minimum atomic E-state index is -2.38. The zero-order valence-corrected chi connectivity index (χ0v) is 11.5. The molecule has 1 rings (SSSR count). The number of allylic oxidation sites excluding steroid dienone is 2. The molecule has 0 radical (unpaired) electrons. The molecular formula is C13H17F2NO4. The van der Waals surface area contributed by atoms with E-state index in [0.29, 0.717) is 6.42 Å². The fourth-order valence-electron chi connectivity index (χ4n) is 1.63. The average Bonchev–Trinajstić information content (AvgIpc) is 3.09. The summed E-state index contributed by atoms with van der Waals surface area (Å²) >= 11 is 0. The molecule has 0 saturated heterocycles. The second-order valence-electron chi connectivity index (χ2n) is 4.65. The van der Waals surface area contributed by atoms with Gasteiger partial charge in [-0.3, -0.25) is 0 Å². The van der Waals surface area contributed by atoms with Gasteiger partial charge in [0.25, 0.3) is 0 Å². The molecule has 7 heteroatoms. The van der Waals surface area contributed by atoms with E-state index in [2.05, 4.69) is 14.8 Å². The molecule has 0 aromatic carbocycles. The lowest BCUT2D eigenvalue weighted by Gasteiger charge is -2.08. The molecule has 1 saturated carbocycles. The van der Waals surface area contributed by atoms with Gasteiger partial charge in [0.2, 0.25) is 6.43 Å². The maximum absolute atomic E-state index is 12.6. The van der Waals surface area contributed by atoms with E-state index in [4.69, 9.17) is 0 Å². The smallest absolute Gasteiger partial charge is 0.345 e. The number of nitrogens with one attached hydrogen (secondary N) is 1. The molecule has 0 aromatic heterocycles. The summed E-state index contributed by atoms with van der Waals surface area (Å²) in [6.45, 7) is 1.49. The van der Waals surface area contributed by atoms with Crippen molar-refractivity contribution in [2.75, 3.05) is 14.2 Å². The minimum Gasteiger partial charge on any atom is -0.465 e. The Kier molecular flexibility index (Phi) is 5.24. The van der Waals surface area contributed by atoms with Crippen LogP contribution in [0, 0.1) is 5.41 Å². The summed E-state index contributed by atoms with van der Waals surface area (Å²) in [6.07, 6.45) is 1.97. The topological polar surface area (TPSA) is 64.6 Å². The highest BCUT2D eigenvalue weighted by Crippen LogP contribution is 2.50. The van der Waals surface area contributed by atoms with Crippen molar-refractivity contribution in [2.45, 2.75) is 25.8 Å². The molecule has 1 aliphatic rings. The zero-order valence-electron chi connectivity index (χ0n) is 11.5. The zero-order chi connectivity index (χ0) is 15.3. The van der Waals surface area contributed by atoms with Crippen molar-refractivity contribution in [1.29, 1.82) is 0 Å². The van der Waals surface area contributed by atoms with Crippen molar-refractivity contribution in [3.63, 3.8) is 0 Å². The predicted molar refractivity (Wildman–Crippen MR) is 66.9 cm³/mol. The van der Waals surface area contributed by atoms with Crippen LogP contribution in [0.15, 0.2) is 23.9 Å². The third kappa shape index (κ3) is 3.55. The Bertz CT molecular complexity index is 430. The van der Waals surface area contributed by atoms with Gasteiger partial charge in [-0.2, -0.15) is 0 Å². The molecule has 0 amide bonds. The first-order valence-electron chi connectivity index (χ1n) is 5.94. The number of ether oxygens (including phenoxy) is 2. The molecule has 2 unspecified atom stereocenters. The summed E-state index contributed by atoms with van der Waals surface area (Å²) < 4.78 is 34.1. The monoisotopic (exact) mass is 289 g/mol. The number of rotatable bonds is 6. The Balaban J connectivity index is 2.59. The molecule has 2 atom stereocenters.